The fourth-order valence-corrected chi connectivity index (χ4v) is 2.07. The molecule has 0 aromatic rings. The van der Waals surface area contributed by atoms with E-state index in [1.807, 2.05) is 0 Å². The Hall–Kier alpha value is -0.120. The smallest absolute Gasteiger partial charge is 0.0613 e. The summed E-state index contributed by atoms with van der Waals surface area (Å²) in [6.45, 7) is 13.8. The molecule has 0 aromatic carbocycles. The van der Waals surface area contributed by atoms with Crippen molar-refractivity contribution in [2.24, 2.45) is 5.92 Å². The second-order valence-corrected chi connectivity index (χ2v) is 6.01. The summed E-state index contributed by atoms with van der Waals surface area (Å²) in [6.07, 6.45) is 3.21. The molecule has 18 heavy (non-hydrogen) atoms. The van der Waals surface area contributed by atoms with Gasteiger partial charge in [0.2, 0.25) is 0 Å². The molecule has 0 aliphatic rings. The number of rotatable bonds is 10. The van der Waals surface area contributed by atoms with Crippen molar-refractivity contribution in [2.45, 2.75) is 78.5 Å². The maximum Gasteiger partial charge on any atom is 0.0613 e. The van der Waals surface area contributed by atoms with E-state index in [0.717, 1.165) is 25.9 Å². The molecule has 0 spiro atoms. The highest BCUT2D eigenvalue weighted by Crippen LogP contribution is 2.18. The number of hydrogen-bond donors (Lipinski definition) is 2. The van der Waals surface area contributed by atoms with Crippen LogP contribution < -0.4 is 5.32 Å². The van der Waals surface area contributed by atoms with Crippen LogP contribution in [-0.4, -0.2) is 36.0 Å². The molecule has 0 saturated heterocycles. The Morgan fingerprint density at radius 3 is 2.17 bits per heavy atom. The Morgan fingerprint density at radius 1 is 1.17 bits per heavy atom. The van der Waals surface area contributed by atoms with Crippen LogP contribution in [0.3, 0.4) is 0 Å². The second kappa shape index (κ2) is 8.89. The maximum absolute atomic E-state index is 9.62. The average molecular weight is 259 g/mol. The number of hydrogen-bond acceptors (Lipinski definition) is 3. The lowest BCUT2D eigenvalue weighted by Crippen LogP contribution is -2.51. The molecule has 2 unspecified atom stereocenters. The lowest BCUT2D eigenvalue weighted by molar-refractivity contribution is 0.0265. The molecule has 0 aromatic heterocycles. The summed E-state index contributed by atoms with van der Waals surface area (Å²) >= 11 is 0. The van der Waals surface area contributed by atoms with E-state index in [4.69, 9.17) is 4.74 Å². The third kappa shape index (κ3) is 6.72. The predicted molar refractivity (Wildman–Crippen MR) is 77.9 cm³/mol. The summed E-state index contributed by atoms with van der Waals surface area (Å²) in [5.74, 6) is 0.563. The van der Waals surface area contributed by atoms with Crippen LogP contribution in [0.2, 0.25) is 0 Å². The molecule has 2 atom stereocenters. The fourth-order valence-electron chi connectivity index (χ4n) is 2.07. The summed E-state index contributed by atoms with van der Waals surface area (Å²) < 4.78 is 5.78. The molecule has 110 valence electrons. The van der Waals surface area contributed by atoms with Crippen molar-refractivity contribution < 1.29 is 9.84 Å². The van der Waals surface area contributed by atoms with Crippen molar-refractivity contribution >= 4 is 0 Å². The lowest BCUT2D eigenvalue weighted by Gasteiger charge is -2.34. The predicted octanol–water partition coefficient (Wildman–Crippen LogP) is 2.97. The van der Waals surface area contributed by atoms with Crippen molar-refractivity contribution in [3.05, 3.63) is 0 Å². The van der Waals surface area contributed by atoms with Crippen LogP contribution in [-0.2, 0) is 4.74 Å². The number of aliphatic hydroxyl groups excluding tert-OH is 1. The first-order valence-electron chi connectivity index (χ1n) is 7.37. The number of nitrogens with one attached hydrogen (secondary N) is 1. The van der Waals surface area contributed by atoms with Crippen LogP contribution in [0, 0.1) is 5.92 Å². The van der Waals surface area contributed by atoms with Crippen LogP contribution in [0.5, 0.6) is 0 Å². The zero-order valence-corrected chi connectivity index (χ0v) is 13.1. The molecule has 2 N–H and O–H groups in total. The van der Waals surface area contributed by atoms with E-state index < -0.39 is 0 Å². The van der Waals surface area contributed by atoms with Crippen LogP contribution in [0.4, 0.5) is 0 Å². The monoisotopic (exact) mass is 259 g/mol. The first-order valence-corrected chi connectivity index (χ1v) is 7.37. The summed E-state index contributed by atoms with van der Waals surface area (Å²) in [5, 5.41) is 13.1. The highest BCUT2D eigenvalue weighted by atomic mass is 16.5. The Balaban J connectivity index is 4.05. The highest BCUT2D eigenvalue weighted by molar-refractivity contribution is 4.87. The van der Waals surface area contributed by atoms with Gasteiger partial charge in [0, 0.05) is 18.2 Å². The van der Waals surface area contributed by atoms with E-state index in [0.29, 0.717) is 18.1 Å². The van der Waals surface area contributed by atoms with Crippen LogP contribution in [0.15, 0.2) is 0 Å². The molecular formula is C15H33NO2. The van der Waals surface area contributed by atoms with Crippen molar-refractivity contribution in [3.63, 3.8) is 0 Å². The van der Waals surface area contributed by atoms with E-state index in [1.54, 1.807) is 0 Å². The summed E-state index contributed by atoms with van der Waals surface area (Å²) in [6, 6.07) is 0.396. The van der Waals surface area contributed by atoms with E-state index in [2.05, 4.69) is 46.9 Å². The molecular weight excluding hydrogens is 226 g/mol. The molecule has 3 heteroatoms. The Bertz CT molecular complexity index is 201. The lowest BCUT2D eigenvalue weighted by atomic mass is 9.90. The zero-order valence-electron chi connectivity index (χ0n) is 13.1. The van der Waals surface area contributed by atoms with E-state index in [1.165, 1.54) is 0 Å². The van der Waals surface area contributed by atoms with E-state index >= 15 is 0 Å². The van der Waals surface area contributed by atoms with E-state index in [-0.39, 0.29) is 12.1 Å². The van der Waals surface area contributed by atoms with Gasteiger partial charge < -0.3 is 15.2 Å². The molecule has 0 radical (unpaired) electrons. The maximum atomic E-state index is 9.62. The summed E-state index contributed by atoms with van der Waals surface area (Å²) in [4.78, 5) is 0. The van der Waals surface area contributed by atoms with Crippen LogP contribution in [0.25, 0.3) is 0 Å². The number of ether oxygens (including phenoxy) is 1. The van der Waals surface area contributed by atoms with Gasteiger partial charge in [-0.2, -0.15) is 0 Å². The Morgan fingerprint density at radius 2 is 1.78 bits per heavy atom. The first kappa shape index (κ1) is 17.9. The van der Waals surface area contributed by atoms with Crippen molar-refractivity contribution in [3.8, 4) is 0 Å². The third-order valence-electron chi connectivity index (χ3n) is 3.69. The van der Waals surface area contributed by atoms with E-state index in [9.17, 15) is 5.11 Å². The quantitative estimate of drug-likeness (QED) is 0.593. The minimum Gasteiger partial charge on any atom is -0.394 e. The van der Waals surface area contributed by atoms with Crippen molar-refractivity contribution in [2.75, 3.05) is 13.2 Å². The average Bonchev–Trinajstić information content (AvgIpc) is 2.32. The molecule has 0 aliphatic carbocycles. The largest absolute Gasteiger partial charge is 0.394 e. The van der Waals surface area contributed by atoms with Gasteiger partial charge in [-0.25, -0.2) is 0 Å². The number of aliphatic hydroxyl groups is 1. The van der Waals surface area contributed by atoms with Crippen molar-refractivity contribution in [1.82, 2.24) is 5.32 Å². The van der Waals surface area contributed by atoms with Gasteiger partial charge in [-0.1, -0.05) is 34.6 Å². The minimum absolute atomic E-state index is 0.140. The summed E-state index contributed by atoms with van der Waals surface area (Å²) in [7, 11) is 0. The van der Waals surface area contributed by atoms with Gasteiger partial charge in [0.05, 0.1) is 12.7 Å². The Kier molecular flexibility index (Phi) is 8.83. The first-order chi connectivity index (χ1) is 8.37. The van der Waals surface area contributed by atoms with Gasteiger partial charge in [-0.15, -0.1) is 0 Å². The fraction of sp³-hybridized carbons (Fsp3) is 1.00. The van der Waals surface area contributed by atoms with Crippen LogP contribution >= 0.6 is 0 Å². The van der Waals surface area contributed by atoms with Gasteiger partial charge in [0.15, 0.2) is 0 Å². The molecule has 0 saturated carbocycles. The molecule has 3 nitrogen and oxygen atoms in total. The highest BCUT2D eigenvalue weighted by Gasteiger charge is 2.27. The van der Waals surface area contributed by atoms with Gasteiger partial charge in [0.25, 0.3) is 0 Å². The molecule has 0 heterocycles. The van der Waals surface area contributed by atoms with Crippen molar-refractivity contribution in [1.29, 1.82) is 0 Å². The molecule has 0 rings (SSSR count). The summed E-state index contributed by atoms with van der Waals surface area (Å²) in [5.41, 5.74) is -0.140. The standard InChI is InChI=1S/C15H33NO2/c1-7-15(11-17,16-13(4)5)9-8-10-18-14(6)12(2)3/h12-14,16-17H,7-11H2,1-6H3. The van der Waals surface area contributed by atoms with Gasteiger partial charge in [0.1, 0.15) is 0 Å². The molecule has 0 aliphatic heterocycles. The normalized spacial score (nSPS) is 17.2. The zero-order chi connectivity index (χ0) is 14.2. The topological polar surface area (TPSA) is 41.5 Å². The molecule has 0 bridgehead atoms. The minimum atomic E-state index is -0.140. The van der Waals surface area contributed by atoms with Gasteiger partial charge in [-0.3, -0.25) is 0 Å². The molecule has 0 amide bonds. The Labute approximate surface area is 113 Å². The van der Waals surface area contributed by atoms with Crippen LogP contribution in [0.1, 0.15) is 60.8 Å². The SMILES string of the molecule is CCC(CO)(CCCOC(C)C(C)C)NC(C)C. The van der Waals surface area contributed by atoms with Gasteiger partial charge in [-0.05, 0) is 32.1 Å². The molecule has 0 fully saturated rings. The third-order valence-corrected chi connectivity index (χ3v) is 3.69. The van der Waals surface area contributed by atoms with Gasteiger partial charge >= 0.3 is 0 Å². The second-order valence-electron chi connectivity index (χ2n) is 6.01.